The maximum absolute atomic E-state index is 13.5. The Morgan fingerprint density at radius 3 is 2.66 bits per heavy atom. The largest absolute Gasteiger partial charge is 0.436 e. The van der Waals surface area contributed by atoms with Crippen LogP contribution in [0.2, 0.25) is 5.02 Å². The van der Waals surface area contributed by atoms with Gasteiger partial charge in [-0.15, -0.1) is 0 Å². The molecule has 1 aromatic heterocycles. The Bertz CT molecular complexity index is 1640. The van der Waals surface area contributed by atoms with Gasteiger partial charge in [-0.1, -0.05) is 23.7 Å². The van der Waals surface area contributed by atoms with Crippen LogP contribution in [-0.4, -0.2) is 61.4 Å². The number of ether oxygens (including phenoxy) is 1. The molecule has 10 heteroatoms. The molecule has 2 aromatic carbocycles. The molecule has 7 rings (SSSR count). The van der Waals surface area contributed by atoms with Crippen molar-refractivity contribution in [2.24, 2.45) is 4.99 Å². The third-order valence-corrected chi connectivity index (χ3v) is 10.3. The first-order valence-corrected chi connectivity index (χ1v) is 14.8. The first-order chi connectivity index (χ1) is 18.3. The highest BCUT2D eigenvalue weighted by Gasteiger charge is 2.50. The number of hydrogen-bond donors (Lipinski definition) is 1. The Kier molecular flexibility index (Phi) is 5.31. The second kappa shape index (κ2) is 8.43. The van der Waals surface area contributed by atoms with Crippen LogP contribution < -0.4 is 10.1 Å². The summed E-state index contributed by atoms with van der Waals surface area (Å²) in [4.78, 5) is 12.6. The summed E-state index contributed by atoms with van der Waals surface area (Å²) in [6.45, 7) is 1.69. The van der Waals surface area contributed by atoms with Crippen LogP contribution in [0.25, 0.3) is 10.9 Å². The van der Waals surface area contributed by atoms with Crippen LogP contribution in [0.5, 0.6) is 5.75 Å². The fraction of sp³-hybridized carbons (Fsp3) is 0.357. The third-order valence-electron chi connectivity index (χ3n) is 8.20. The van der Waals surface area contributed by atoms with E-state index in [1.165, 1.54) is 4.31 Å². The average Bonchev–Trinajstić information content (AvgIpc) is 3.59. The number of halogens is 1. The van der Waals surface area contributed by atoms with E-state index in [0.717, 1.165) is 61.3 Å². The quantitative estimate of drug-likeness (QED) is 0.519. The zero-order chi connectivity index (χ0) is 26.2. The number of aromatic nitrogens is 1. The minimum atomic E-state index is -3.77. The number of aliphatic imine (C=N–C) groups is 1. The molecular formula is C28H28ClN5O3S. The maximum atomic E-state index is 13.5. The summed E-state index contributed by atoms with van der Waals surface area (Å²) in [5, 5.41) is 4.79. The Hall–Kier alpha value is -3.14. The van der Waals surface area contributed by atoms with Crippen LogP contribution in [0, 0.1) is 0 Å². The van der Waals surface area contributed by atoms with Crippen molar-refractivity contribution in [1.82, 2.24) is 19.5 Å². The first kappa shape index (κ1) is 23.9. The van der Waals surface area contributed by atoms with Gasteiger partial charge < -0.3 is 15.0 Å². The predicted molar refractivity (Wildman–Crippen MR) is 147 cm³/mol. The van der Waals surface area contributed by atoms with Crippen molar-refractivity contribution in [1.29, 1.82) is 0 Å². The van der Waals surface area contributed by atoms with Crippen molar-refractivity contribution in [3.8, 4) is 5.75 Å². The van der Waals surface area contributed by atoms with Gasteiger partial charge in [-0.25, -0.2) is 17.7 Å². The topological polar surface area (TPSA) is 87.1 Å². The molecule has 3 aliphatic heterocycles. The zero-order valence-corrected chi connectivity index (χ0v) is 22.8. The van der Waals surface area contributed by atoms with E-state index in [9.17, 15) is 8.42 Å². The van der Waals surface area contributed by atoms with E-state index in [-0.39, 0.29) is 16.5 Å². The molecule has 0 amide bonds. The number of benzene rings is 2. The van der Waals surface area contributed by atoms with Gasteiger partial charge >= 0.3 is 0 Å². The second-order valence-corrected chi connectivity index (χ2v) is 13.1. The molecule has 0 bridgehead atoms. The van der Waals surface area contributed by atoms with E-state index in [1.807, 2.05) is 24.3 Å². The predicted octanol–water partition coefficient (Wildman–Crippen LogP) is 4.46. The summed E-state index contributed by atoms with van der Waals surface area (Å²) >= 11 is 6.28. The lowest BCUT2D eigenvalue weighted by atomic mass is 9.80. The molecule has 2 fully saturated rings. The Morgan fingerprint density at radius 2 is 1.92 bits per heavy atom. The van der Waals surface area contributed by atoms with E-state index in [2.05, 4.69) is 15.2 Å². The molecule has 1 unspecified atom stereocenters. The maximum Gasteiger partial charge on any atom is 0.243 e. The monoisotopic (exact) mass is 549 g/mol. The number of sulfonamides is 1. The van der Waals surface area contributed by atoms with E-state index >= 15 is 0 Å². The van der Waals surface area contributed by atoms with E-state index in [1.54, 1.807) is 38.5 Å². The van der Waals surface area contributed by atoms with Gasteiger partial charge in [0.2, 0.25) is 15.9 Å². The smallest absolute Gasteiger partial charge is 0.243 e. The van der Waals surface area contributed by atoms with Gasteiger partial charge in [-0.2, -0.15) is 0 Å². The van der Waals surface area contributed by atoms with E-state index in [0.29, 0.717) is 27.6 Å². The molecule has 1 spiro atoms. The van der Waals surface area contributed by atoms with E-state index < -0.39 is 10.0 Å². The molecule has 1 saturated heterocycles. The summed E-state index contributed by atoms with van der Waals surface area (Å²) in [5.41, 5.74) is 2.86. The van der Waals surface area contributed by atoms with Gasteiger partial charge in [0.1, 0.15) is 17.0 Å². The lowest BCUT2D eigenvalue weighted by Gasteiger charge is -2.44. The molecular weight excluding hydrogens is 522 g/mol. The fourth-order valence-electron chi connectivity index (χ4n) is 6.41. The SMILES string of the molecule is CN(C)S(=O)(=O)c1cc2c(c3ncccc13)OC1=NC3(CCCC3)N3CCNC3=C1C2c1ccc(Cl)cc1. The molecule has 4 aliphatic rings. The lowest BCUT2D eigenvalue weighted by molar-refractivity contribution is 0.153. The fourth-order valence-corrected chi connectivity index (χ4v) is 7.65. The molecule has 38 heavy (non-hydrogen) atoms. The molecule has 0 radical (unpaired) electrons. The van der Waals surface area contributed by atoms with Crippen LogP contribution in [-0.2, 0) is 10.0 Å². The normalized spacial score (nSPS) is 21.7. The van der Waals surface area contributed by atoms with Crippen molar-refractivity contribution < 1.29 is 13.2 Å². The highest BCUT2D eigenvalue weighted by Crippen LogP contribution is 2.52. The summed E-state index contributed by atoms with van der Waals surface area (Å²) in [5.74, 6) is 1.86. The third kappa shape index (κ3) is 3.34. The number of nitrogens with zero attached hydrogens (tertiary/aromatic N) is 4. The summed E-state index contributed by atoms with van der Waals surface area (Å²) in [7, 11) is -0.683. The van der Waals surface area contributed by atoms with Crippen LogP contribution in [0.1, 0.15) is 42.7 Å². The van der Waals surface area contributed by atoms with Gasteiger partial charge in [-0.3, -0.25) is 4.98 Å². The minimum absolute atomic E-state index is 0.206. The van der Waals surface area contributed by atoms with Crippen LogP contribution in [0.3, 0.4) is 0 Å². The number of fused-ring (bicyclic) bond motifs is 6. The first-order valence-electron chi connectivity index (χ1n) is 12.9. The van der Waals surface area contributed by atoms with Gasteiger partial charge in [-0.05, 0) is 61.6 Å². The summed E-state index contributed by atoms with van der Waals surface area (Å²) in [6, 6.07) is 13.0. The van der Waals surface area contributed by atoms with Gasteiger partial charge in [0.05, 0.1) is 10.5 Å². The molecule has 1 N–H and O–H groups in total. The van der Waals surface area contributed by atoms with Crippen LogP contribution in [0.4, 0.5) is 0 Å². The highest BCUT2D eigenvalue weighted by molar-refractivity contribution is 7.89. The zero-order valence-electron chi connectivity index (χ0n) is 21.2. The number of nitrogens with one attached hydrogen (secondary N) is 1. The lowest BCUT2D eigenvalue weighted by Crippen LogP contribution is -2.50. The van der Waals surface area contributed by atoms with Crippen molar-refractivity contribution in [2.45, 2.75) is 42.2 Å². The molecule has 3 aromatic rings. The molecule has 1 saturated carbocycles. The van der Waals surface area contributed by atoms with Gasteiger partial charge in [0.25, 0.3) is 0 Å². The van der Waals surface area contributed by atoms with Gasteiger partial charge in [0, 0.05) is 55.3 Å². The second-order valence-electron chi connectivity index (χ2n) is 10.5. The Labute approximate surface area is 227 Å². The summed E-state index contributed by atoms with van der Waals surface area (Å²) < 4.78 is 35.0. The number of pyridine rings is 1. The van der Waals surface area contributed by atoms with E-state index in [4.69, 9.17) is 21.3 Å². The highest BCUT2D eigenvalue weighted by atomic mass is 35.5. The standard InChI is InChI=1S/C28H28ClN5O3S/c1-33(2)38(35,36)21-16-20-22(17-7-9-18(29)10-8-17)23-26-31-14-15-34(26)28(11-3-4-12-28)32-27(23)37-25(20)24-19(21)6-5-13-30-24/h5-10,13,16,22,31H,3-4,11-12,14-15H2,1-2H3. The van der Waals surface area contributed by atoms with Crippen molar-refractivity contribution in [3.63, 3.8) is 0 Å². The Balaban J connectivity index is 1.57. The van der Waals surface area contributed by atoms with Crippen molar-refractivity contribution >= 4 is 38.4 Å². The minimum Gasteiger partial charge on any atom is -0.436 e. The molecule has 196 valence electrons. The van der Waals surface area contributed by atoms with Gasteiger partial charge in [0.15, 0.2) is 5.75 Å². The van der Waals surface area contributed by atoms with Crippen LogP contribution in [0.15, 0.2) is 69.9 Å². The average molecular weight is 550 g/mol. The summed E-state index contributed by atoms with van der Waals surface area (Å²) in [6.07, 6.45) is 5.89. The number of rotatable bonds is 3. The molecule has 8 nitrogen and oxygen atoms in total. The molecule has 1 aliphatic carbocycles. The molecule has 4 heterocycles. The number of hydrogen-bond acceptors (Lipinski definition) is 7. The Morgan fingerprint density at radius 1 is 1.16 bits per heavy atom. The van der Waals surface area contributed by atoms with Crippen LogP contribution >= 0.6 is 11.6 Å². The molecule has 1 atom stereocenters. The van der Waals surface area contributed by atoms with Crippen molar-refractivity contribution in [2.75, 3.05) is 27.2 Å². The van der Waals surface area contributed by atoms with Crippen molar-refractivity contribution in [3.05, 3.63) is 76.2 Å².